The summed E-state index contributed by atoms with van der Waals surface area (Å²) in [5, 5.41) is 0. The monoisotopic (exact) mass is 298 g/mol. The number of rotatable bonds is 6. The van der Waals surface area contributed by atoms with E-state index < -0.39 is 22.6 Å². The van der Waals surface area contributed by atoms with Crippen LogP contribution in [-0.4, -0.2) is 26.1 Å². The van der Waals surface area contributed by atoms with Crippen LogP contribution in [0.3, 0.4) is 0 Å². The lowest BCUT2D eigenvalue weighted by molar-refractivity contribution is -0.135. The molecule has 1 rings (SSSR count). The van der Waals surface area contributed by atoms with E-state index in [1.54, 1.807) is 0 Å². The third-order valence-corrected chi connectivity index (χ3v) is 3.65. The number of halogens is 3. The van der Waals surface area contributed by atoms with Gasteiger partial charge < -0.3 is 5.43 Å². The normalized spacial score (nSPS) is 12.4. The fourth-order valence-electron chi connectivity index (χ4n) is 1.29. The molecule has 0 saturated carbocycles. The fourth-order valence-corrected chi connectivity index (χ4v) is 2.47. The summed E-state index contributed by atoms with van der Waals surface area (Å²) in [6.07, 6.45) is -3.30. The summed E-state index contributed by atoms with van der Waals surface area (Å²) < 4.78 is 61.4. The predicted octanol–water partition coefficient (Wildman–Crippen LogP) is 0.988. The van der Waals surface area contributed by atoms with Crippen molar-refractivity contribution in [3.63, 3.8) is 0 Å². The van der Waals surface area contributed by atoms with Crippen LogP contribution in [0.4, 0.5) is 18.9 Å². The molecule has 0 bridgehead atoms. The van der Waals surface area contributed by atoms with Crippen molar-refractivity contribution in [1.82, 2.24) is 9.71 Å². The molecule has 4 N–H and O–H groups in total. The molecule has 19 heavy (non-hydrogen) atoms. The molecule has 0 aromatic carbocycles. The topological polar surface area (TPSA) is 97.1 Å². The third-order valence-electron chi connectivity index (χ3n) is 2.16. The van der Waals surface area contributed by atoms with Gasteiger partial charge in [0.1, 0.15) is 4.90 Å². The second-order valence-corrected chi connectivity index (χ2v) is 5.37. The van der Waals surface area contributed by atoms with Gasteiger partial charge in [0.2, 0.25) is 10.0 Å². The number of nitrogens with one attached hydrogen (secondary N) is 2. The standard InChI is InChI=1S/C9H13F3N4O2S/c10-9(11,12)3-1-4-15-19(17,18)8-6-14-5-2-7(8)16-13/h2,5-6,15H,1,3-4,13H2,(H,14,16). The summed E-state index contributed by atoms with van der Waals surface area (Å²) in [5.74, 6) is 5.14. The Balaban J connectivity index is 2.66. The summed E-state index contributed by atoms with van der Waals surface area (Å²) in [5.41, 5.74) is 2.29. The molecule has 0 atom stereocenters. The van der Waals surface area contributed by atoms with Gasteiger partial charge >= 0.3 is 6.18 Å². The molecule has 0 unspecified atom stereocenters. The van der Waals surface area contributed by atoms with Crippen molar-refractivity contribution in [3.05, 3.63) is 18.5 Å². The first-order valence-corrected chi connectivity index (χ1v) is 6.71. The Morgan fingerprint density at radius 1 is 1.37 bits per heavy atom. The number of hydrogen-bond donors (Lipinski definition) is 3. The first kappa shape index (κ1) is 15.7. The van der Waals surface area contributed by atoms with Crippen LogP contribution >= 0.6 is 0 Å². The molecule has 0 amide bonds. The van der Waals surface area contributed by atoms with E-state index in [2.05, 4.69) is 15.1 Å². The molecular formula is C9H13F3N4O2S. The lowest BCUT2D eigenvalue weighted by Gasteiger charge is -2.10. The van der Waals surface area contributed by atoms with E-state index in [4.69, 9.17) is 5.84 Å². The number of sulfonamides is 1. The average Bonchev–Trinajstić information content (AvgIpc) is 2.33. The Bertz CT molecular complexity index is 518. The van der Waals surface area contributed by atoms with Gasteiger partial charge in [0, 0.05) is 25.4 Å². The first-order valence-electron chi connectivity index (χ1n) is 5.23. The van der Waals surface area contributed by atoms with E-state index in [1.807, 2.05) is 0 Å². The number of aromatic nitrogens is 1. The van der Waals surface area contributed by atoms with E-state index in [1.165, 1.54) is 12.3 Å². The number of nitrogen functional groups attached to an aromatic ring is 1. The van der Waals surface area contributed by atoms with Crippen molar-refractivity contribution in [2.45, 2.75) is 23.9 Å². The number of nitrogens with zero attached hydrogens (tertiary/aromatic N) is 1. The van der Waals surface area contributed by atoms with Gasteiger partial charge in [-0.2, -0.15) is 13.2 Å². The van der Waals surface area contributed by atoms with Gasteiger partial charge in [-0.1, -0.05) is 0 Å². The Morgan fingerprint density at radius 3 is 2.63 bits per heavy atom. The molecule has 1 heterocycles. The zero-order valence-electron chi connectivity index (χ0n) is 9.74. The van der Waals surface area contributed by atoms with Gasteiger partial charge in [-0.3, -0.25) is 10.8 Å². The second-order valence-electron chi connectivity index (χ2n) is 3.63. The second kappa shape index (κ2) is 6.17. The van der Waals surface area contributed by atoms with Gasteiger partial charge in [0.25, 0.3) is 0 Å². The Kier molecular flexibility index (Phi) is 5.09. The molecule has 10 heteroatoms. The van der Waals surface area contributed by atoms with Gasteiger partial charge in [0.05, 0.1) is 5.69 Å². The summed E-state index contributed by atoms with van der Waals surface area (Å²) in [6.45, 7) is -0.319. The summed E-state index contributed by atoms with van der Waals surface area (Å²) in [7, 11) is -3.94. The van der Waals surface area contributed by atoms with E-state index in [0.717, 1.165) is 6.20 Å². The summed E-state index contributed by atoms with van der Waals surface area (Å²) in [4.78, 5) is 3.41. The van der Waals surface area contributed by atoms with Crippen molar-refractivity contribution >= 4 is 15.7 Å². The molecule has 0 spiro atoms. The van der Waals surface area contributed by atoms with Crippen LogP contribution in [0.5, 0.6) is 0 Å². The first-order chi connectivity index (χ1) is 8.76. The lowest BCUT2D eigenvalue weighted by atomic mass is 10.3. The van der Waals surface area contributed by atoms with Gasteiger partial charge in [-0.05, 0) is 12.5 Å². The number of anilines is 1. The van der Waals surface area contributed by atoms with Crippen molar-refractivity contribution in [3.8, 4) is 0 Å². The minimum Gasteiger partial charge on any atom is -0.323 e. The molecule has 0 aliphatic heterocycles. The van der Waals surface area contributed by atoms with Crippen molar-refractivity contribution < 1.29 is 21.6 Å². The van der Waals surface area contributed by atoms with Crippen LogP contribution in [-0.2, 0) is 10.0 Å². The smallest absolute Gasteiger partial charge is 0.323 e. The predicted molar refractivity (Wildman–Crippen MR) is 62.5 cm³/mol. The Hall–Kier alpha value is -1.39. The molecule has 108 valence electrons. The quantitative estimate of drug-likeness (QED) is 0.413. The van der Waals surface area contributed by atoms with Crippen LogP contribution in [0.1, 0.15) is 12.8 Å². The fraction of sp³-hybridized carbons (Fsp3) is 0.444. The van der Waals surface area contributed by atoms with Gasteiger partial charge in [-0.15, -0.1) is 0 Å². The van der Waals surface area contributed by atoms with Crippen LogP contribution in [0.2, 0.25) is 0 Å². The van der Waals surface area contributed by atoms with Crippen molar-refractivity contribution in [2.24, 2.45) is 5.84 Å². The molecule has 1 aromatic rings. The van der Waals surface area contributed by atoms with Crippen LogP contribution in [0.15, 0.2) is 23.4 Å². The largest absolute Gasteiger partial charge is 0.389 e. The zero-order valence-corrected chi connectivity index (χ0v) is 10.6. The highest BCUT2D eigenvalue weighted by atomic mass is 32.2. The molecule has 0 saturated heterocycles. The Labute approximate surface area is 108 Å². The maximum Gasteiger partial charge on any atom is 0.389 e. The van der Waals surface area contributed by atoms with E-state index in [0.29, 0.717) is 0 Å². The van der Waals surface area contributed by atoms with Gasteiger partial charge in [-0.25, -0.2) is 13.1 Å². The molecular weight excluding hydrogens is 285 g/mol. The molecule has 0 aliphatic carbocycles. The molecule has 0 fully saturated rings. The number of alkyl halides is 3. The SMILES string of the molecule is NNc1ccncc1S(=O)(=O)NCCCC(F)(F)F. The van der Waals surface area contributed by atoms with Crippen LogP contribution < -0.4 is 16.0 Å². The highest BCUT2D eigenvalue weighted by molar-refractivity contribution is 7.89. The minimum atomic E-state index is -4.30. The molecule has 6 nitrogen and oxygen atoms in total. The molecule has 0 radical (unpaired) electrons. The molecule has 1 aromatic heterocycles. The van der Waals surface area contributed by atoms with Crippen LogP contribution in [0.25, 0.3) is 0 Å². The summed E-state index contributed by atoms with van der Waals surface area (Å²) in [6, 6.07) is 1.34. The van der Waals surface area contributed by atoms with E-state index >= 15 is 0 Å². The van der Waals surface area contributed by atoms with Crippen molar-refractivity contribution in [1.29, 1.82) is 0 Å². The van der Waals surface area contributed by atoms with Crippen LogP contribution in [0, 0.1) is 0 Å². The van der Waals surface area contributed by atoms with E-state index in [9.17, 15) is 21.6 Å². The highest BCUT2D eigenvalue weighted by Crippen LogP contribution is 2.21. The number of nitrogens with two attached hydrogens (primary N) is 1. The lowest BCUT2D eigenvalue weighted by Crippen LogP contribution is -2.27. The maximum atomic E-state index is 11.9. The maximum absolute atomic E-state index is 11.9. The van der Waals surface area contributed by atoms with E-state index in [-0.39, 0.29) is 23.5 Å². The summed E-state index contributed by atoms with van der Waals surface area (Å²) >= 11 is 0. The third kappa shape index (κ3) is 5.01. The van der Waals surface area contributed by atoms with Gasteiger partial charge in [0.15, 0.2) is 0 Å². The minimum absolute atomic E-state index is 0.110. The number of pyridine rings is 1. The highest BCUT2D eigenvalue weighted by Gasteiger charge is 2.26. The zero-order chi connectivity index (χ0) is 14.5. The number of hydrogen-bond acceptors (Lipinski definition) is 5. The Morgan fingerprint density at radius 2 is 2.05 bits per heavy atom. The average molecular weight is 298 g/mol. The molecule has 0 aliphatic rings. The van der Waals surface area contributed by atoms with Crippen molar-refractivity contribution in [2.75, 3.05) is 12.0 Å². The number of hydrazine groups is 1.